The molecule has 0 heterocycles. The Morgan fingerprint density at radius 3 is 2.11 bits per heavy atom. The molecule has 192 valence electrons. The first-order valence-corrected chi connectivity index (χ1v) is 13.7. The Morgan fingerprint density at radius 2 is 1.60 bits per heavy atom. The predicted octanol–water partition coefficient (Wildman–Crippen LogP) is 3.36. The number of rotatable bonds is 13. The first kappa shape index (κ1) is 28.2. The monoisotopic (exact) mass is 503 g/mol. The molecule has 2 aromatic rings. The summed E-state index contributed by atoms with van der Waals surface area (Å²) in [5.74, 6) is 0.258. The third kappa shape index (κ3) is 8.28. The second kappa shape index (κ2) is 13.1. The molecule has 2 amide bonds. The molecular weight excluding hydrogens is 466 g/mol. The van der Waals surface area contributed by atoms with Crippen molar-refractivity contribution in [1.29, 1.82) is 0 Å². The minimum Gasteiger partial charge on any atom is -0.497 e. The van der Waals surface area contributed by atoms with Crippen molar-refractivity contribution < 1.29 is 22.7 Å². The van der Waals surface area contributed by atoms with Crippen LogP contribution >= 0.6 is 0 Å². The summed E-state index contributed by atoms with van der Waals surface area (Å²) in [6.07, 6.45) is 2.46. The molecule has 35 heavy (non-hydrogen) atoms. The van der Waals surface area contributed by atoms with E-state index in [0.717, 1.165) is 23.8 Å². The number of benzene rings is 2. The number of amides is 2. The summed E-state index contributed by atoms with van der Waals surface area (Å²) in [4.78, 5) is 27.3. The molecule has 2 rings (SSSR count). The van der Waals surface area contributed by atoms with E-state index < -0.39 is 16.1 Å². The molecule has 9 heteroatoms. The van der Waals surface area contributed by atoms with Gasteiger partial charge in [-0.2, -0.15) is 0 Å². The number of hydrogen-bond acceptors (Lipinski definition) is 5. The van der Waals surface area contributed by atoms with E-state index in [2.05, 4.69) is 5.32 Å². The summed E-state index contributed by atoms with van der Waals surface area (Å²) in [5, 5.41) is 2.77. The number of aryl methyl sites for hydroxylation is 1. The standard InChI is InChI=1S/C26H37N3O5S/c1-6-21-10-14-23(15-11-21)29(35(5,32)33)18-8-9-25(30)28(20(3)26(31)27-7-2)19-22-12-16-24(34-4)17-13-22/h10-17,20H,6-9,18-19H2,1-5H3,(H,27,31)/t20-/m1/s1. The largest absolute Gasteiger partial charge is 0.497 e. The van der Waals surface area contributed by atoms with Gasteiger partial charge in [0.05, 0.1) is 19.1 Å². The van der Waals surface area contributed by atoms with E-state index in [-0.39, 0.29) is 31.3 Å². The summed E-state index contributed by atoms with van der Waals surface area (Å²) in [7, 11) is -1.93. The molecule has 0 aliphatic heterocycles. The Balaban J connectivity index is 2.14. The lowest BCUT2D eigenvalue weighted by molar-refractivity contribution is -0.140. The summed E-state index contributed by atoms with van der Waals surface area (Å²) in [6, 6.07) is 14.0. The second-order valence-corrected chi connectivity index (χ2v) is 10.3. The van der Waals surface area contributed by atoms with Gasteiger partial charge in [-0.25, -0.2) is 8.42 Å². The zero-order valence-corrected chi connectivity index (χ0v) is 22.1. The number of sulfonamides is 1. The number of anilines is 1. The fraction of sp³-hybridized carbons (Fsp3) is 0.462. The third-order valence-corrected chi connectivity index (χ3v) is 7.01. The Hall–Kier alpha value is -3.07. The molecule has 0 bridgehead atoms. The van der Waals surface area contributed by atoms with Crippen LogP contribution in [-0.4, -0.2) is 57.6 Å². The van der Waals surface area contributed by atoms with Crippen LogP contribution in [0.25, 0.3) is 0 Å². The molecule has 0 saturated heterocycles. The molecule has 2 aromatic carbocycles. The van der Waals surface area contributed by atoms with Crippen LogP contribution in [0.15, 0.2) is 48.5 Å². The van der Waals surface area contributed by atoms with Crippen LogP contribution in [0, 0.1) is 0 Å². The quantitative estimate of drug-likeness (QED) is 0.452. The zero-order valence-electron chi connectivity index (χ0n) is 21.3. The molecule has 0 radical (unpaired) electrons. The molecular formula is C26H37N3O5S. The number of likely N-dealkylation sites (N-methyl/N-ethyl adjacent to an activating group) is 1. The molecule has 8 nitrogen and oxygen atoms in total. The van der Waals surface area contributed by atoms with Gasteiger partial charge >= 0.3 is 0 Å². The number of methoxy groups -OCH3 is 1. The van der Waals surface area contributed by atoms with Gasteiger partial charge < -0.3 is 15.0 Å². The van der Waals surface area contributed by atoms with Crippen molar-refractivity contribution in [3.63, 3.8) is 0 Å². The highest BCUT2D eigenvalue weighted by Crippen LogP contribution is 2.20. The molecule has 0 fully saturated rings. The maximum Gasteiger partial charge on any atom is 0.242 e. The van der Waals surface area contributed by atoms with Crippen molar-refractivity contribution in [2.24, 2.45) is 0 Å². The number of nitrogens with one attached hydrogen (secondary N) is 1. The first-order valence-electron chi connectivity index (χ1n) is 11.9. The number of carbonyl (C=O) groups excluding carboxylic acids is 2. The molecule has 0 unspecified atom stereocenters. The average Bonchev–Trinajstić information content (AvgIpc) is 2.84. The topological polar surface area (TPSA) is 96.0 Å². The molecule has 0 aliphatic rings. The number of hydrogen-bond donors (Lipinski definition) is 1. The van der Waals surface area contributed by atoms with E-state index in [4.69, 9.17) is 4.74 Å². The third-order valence-electron chi connectivity index (χ3n) is 5.82. The van der Waals surface area contributed by atoms with Gasteiger partial charge in [0.2, 0.25) is 21.8 Å². The lowest BCUT2D eigenvalue weighted by atomic mass is 10.1. The predicted molar refractivity (Wildman–Crippen MR) is 139 cm³/mol. The fourth-order valence-electron chi connectivity index (χ4n) is 3.73. The highest BCUT2D eigenvalue weighted by molar-refractivity contribution is 7.92. The summed E-state index contributed by atoms with van der Waals surface area (Å²) in [6.45, 7) is 6.46. The highest BCUT2D eigenvalue weighted by Gasteiger charge is 2.26. The van der Waals surface area contributed by atoms with Gasteiger partial charge in [-0.1, -0.05) is 31.2 Å². The summed E-state index contributed by atoms with van der Waals surface area (Å²) >= 11 is 0. The maximum atomic E-state index is 13.2. The smallest absolute Gasteiger partial charge is 0.242 e. The molecule has 1 N–H and O–H groups in total. The summed E-state index contributed by atoms with van der Waals surface area (Å²) < 4.78 is 31.4. The minimum absolute atomic E-state index is 0.110. The molecule has 0 saturated carbocycles. The van der Waals surface area contributed by atoms with E-state index in [1.807, 2.05) is 50.2 Å². The SMILES string of the molecule is CCNC(=O)[C@@H](C)N(Cc1ccc(OC)cc1)C(=O)CCCN(c1ccc(CC)cc1)S(C)(=O)=O. The van der Waals surface area contributed by atoms with Gasteiger partial charge in [-0.3, -0.25) is 13.9 Å². The van der Waals surface area contributed by atoms with Crippen LogP contribution < -0.4 is 14.4 Å². The van der Waals surface area contributed by atoms with Crippen LogP contribution in [0.1, 0.15) is 44.7 Å². The lowest BCUT2D eigenvalue weighted by Crippen LogP contribution is -2.47. The van der Waals surface area contributed by atoms with Gasteiger partial charge in [0, 0.05) is 26.1 Å². The van der Waals surface area contributed by atoms with Crippen LogP contribution in [-0.2, 0) is 32.6 Å². The Kier molecular flexibility index (Phi) is 10.6. The molecule has 0 aromatic heterocycles. The first-order chi connectivity index (χ1) is 16.6. The van der Waals surface area contributed by atoms with Gasteiger partial charge in [-0.15, -0.1) is 0 Å². The van der Waals surface area contributed by atoms with E-state index in [1.165, 1.54) is 9.21 Å². The van der Waals surface area contributed by atoms with Gasteiger partial charge in [0.15, 0.2) is 0 Å². The van der Waals surface area contributed by atoms with Crippen LogP contribution in [0.3, 0.4) is 0 Å². The average molecular weight is 504 g/mol. The number of carbonyl (C=O) groups is 2. The van der Waals surface area contributed by atoms with Gasteiger partial charge in [0.25, 0.3) is 0 Å². The summed E-state index contributed by atoms with van der Waals surface area (Å²) in [5.41, 5.74) is 2.55. The Bertz CT molecular complexity index is 1070. The highest BCUT2D eigenvalue weighted by atomic mass is 32.2. The van der Waals surface area contributed by atoms with E-state index in [1.54, 1.807) is 26.2 Å². The van der Waals surface area contributed by atoms with Gasteiger partial charge in [-0.05, 0) is 62.1 Å². The van der Waals surface area contributed by atoms with E-state index in [0.29, 0.717) is 24.4 Å². The van der Waals surface area contributed by atoms with E-state index >= 15 is 0 Å². The van der Waals surface area contributed by atoms with Crippen molar-refractivity contribution >= 4 is 27.5 Å². The van der Waals surface area contributed by atoms with Crippen molar-refractivity contribution in [3.8, 4) is 5.75 Å². The number of nitrogens with zero attached hydrogens (tertiary/aromatic N) is 2. The van der Waals surface area contributed by atoms with Crippen molar-refractivity contribution in [2.75, 3.05) is 30.8 Å². The molecule has 0 aliphatic carbocycles. The van der Waals surface area contributed by atoms with E-state index in [9.17, 15) is 18.0 Å². The Labute approximate surface area is 209 Å². The zero-order chi connectivity index (χ0) is 26.0. The molecule has 0 spiro atoms. The van der Waals surface area contributed by atoms with Crippen molar-refractivity contribution in [3.05, 3.63) is 59.7 Å². The van der Waals surface area contributed by atoms with Crippen LogP contribution in [0.2, 0.25) is 0 Å². The van der Waals surface area contributed by atoms with Crippen molar-refractivity contribution in [2.45, 2.75) is 52.6 Å². The maximum absolute atomic E-state index is 13.2. The minimum atomic E-state index is -3.52. The normalized spacial score (nSPS) is 12.0. The Morgan fingerprint density at radius 1 is 1.00 bits per heavy atom. The van der Waals surface area contributed by atoms with Crippen LogP contribution in [0.5, 0.6) is 5.75 Å². The molecule has 1 atom stereocenters. The van der Waals surface area contributed by atoms with Gasteiger partial charge in [0.1, 0.15) is 11.8 Å². The lowest BCUT2D eigenvalue weighted by Gasteiger charge is -2.29. The second-order valence-electron chi connectivity index (χ2n) is 8.40. The van der Waals surface area contributed by atoms with Crippen LogP contribution in [0.4, 0.5) is 5.69 Å². The number of ether oxygens (including phenoxy) is 1. The van der Waals surface area contributed by atoms with Crippen molar-refractivity contribution in [1.82, 2.24) is 10.2 Å². The fourth-order valence-corrected chi connectivity index (χ4v) is 4.70.